The number of rotatable bonds is 8. The molecule has 0 spiro atoms. The Labute approximate surface area is 166 Å². The summed E-state index contributed by atoms with van der Waals surface area (Å²) in [6.45, 7) is 2.68. The lowest BCUT2D eigenvalue weighted by Gasteiger charge is -2.31. The van der Waals surface area contributed by atoms with Gasteiger partial charge >= 0.3 is 0 Å². The van der Waals surface area contributed by atoms with Crippen LogP contribution in [0.15, 0.2) is 16.9 Å². The SMILES string of the molecule is CN(C)CCN(C)C(=O)C1CCC(CCN(C)c2ncc(Br)cn2)CC1. The summed E-state index contributed by atoms with van der Waals surface area (Å²) >= 11 is 3.36. The Morgan fingerprint density at radius 1 is 1.04 bits per heavy atom. The predicted molar refractivity (Wildman–Crippen MR) is 109 cm³/mol. The summed E-state index contributed by atoms with van der Waals surface area (Å²) in [7, 11) is 8.06. The highest BCUT2D eigenvalue weighted by Gasteiger charge is 2.28. The van der Waals surface area contributed by atoms with Gasteiger partial charge in [-0.15, -0.1) is 0 Å². The summed E-state index contributed by atoms with van der Waals surface area (Å²) in [6, 6.07) is 0. The summed E-state index contributed by atoms with van der Waals surface area (Å²) in [5, 5.41) is 0. The van der Waals surface area contributed by atoms with Crippen LogP contribution in [-0.2, 0) is 4.79 Å². The monoisotopic (exact) mass is 425 g/mol. The second-order valence-electron chi connectivity index (χ2n) is 7.69. The fourth-order valence-electron chi connectivity index (χ4n) is 3.45. The molecule has 0 aromatic carbocycles. The van der Waals surface area contributed by atoms with Crippen molar-refractivity contribution in [2.24, 2.45) is 11.8 Å². The third kappa shape index (κ3) is 6.50. The smallest absolute Gasteiger partial charge is 0.225 e. The van der Waals surface area contributed by atoms with E-state index in [1.807, 2.05) is 33.1 Å². The Kier molecular flexibility index (Phi) is 8.28. The molecule has 26 heavy (non-hydrogen) atoms. The standard InChI is InChI=1S/C19H32BrN5O/c1-23(2)11-12-24(3)18(26)16-7-5-15(6-8-16)9-10-25(4)19-21-13-17(20)14-22-19/h13-16H,5-12H2,1-4H3. The normalized spacial score (nSPS) is 20.2. The molecule has 2 rings (SSSR count). The predicted octanol–water partition coefficient (Wildman–Crippen LogP) is 2.89. The maximum atomic E-state index is 12.6. The van der Waals surface area contributed by atoms with Crippen LogP contribution in [0.1, 0.15) is 32.1 Å². The van der Waals surface area contributed by atoms with Crippen LogP contribution in [0.5, 0.6) is 0 Å². The zero-order valence-electron chi connectivity index (χ0n) is 16.5. The first-order valence-electron chi connectivity index (χ1n) is 9.45. The molecule has 0 atom stereocenters. The molecule has 1 aliphatic carbocycles. The molecule has 7 heteroatoms. The first-order chi connectivity index (χ1) is 12.4. The summed E-state index contributed by atoms with van der Waals surface area (Å²) in [6.07, 6.45) is 9.03. The van der Waals surface area contributed by atoms with Crippen molar-refractivity contribution in [1.29, 1.82) is 0 Å². The molecule has 6 nitrogen and oxygen atoms in total. The highest BCUT2D eigenvalue weighted by Crippen LogP contribution is 2.32. The van der Waals surface area contributed by atoms with Crippen LogP contribution >= 0.6 is 15.9 Å². The molecule has 1 amide bonds. The zero-order valence-corrected chi connectivity index (χ0v) is 18.1. The van der Waals surface area contributed by atoms with Crippen LogP contribution in [0.2, 0.25) is 0 Å². The van der Waals surface area contributed by atoms with Crippen LogP contribution in [0, 0.1) is 11.8 Å². The molecular formula is C19H32BrN5O. The van der Waals surface area contributed by atoms with Gasteiger partial charge in [0.05, 0.1) is 4.47 Å². The van der Waals surface area contributed by atoms with Gasteiger partial charge in [-0.2, -0.15) is 0 Å². The Bertz CT molecular complexity index is 558. The molecule has 1 aromatic rings. The van der Waals surface area contributed by atoms with E-state index >= 15 is 0 Å². The topological polar surface area (TPSA) is 52.6 Å². The Hall–Kier alpha value is -1.21. The van der Waals surface area contributed by atoms with Crippen molar-refractivity contribution in [3.8, 4) is 0 Å². The number of hydrogen-bond donors (Lipinski definition) is 0. The van der Waals surface area contributed by atoms with Crippen molar-refractivity contribution in [2.75, 3.05) is 52.7 Å². The Balaban J connectivity index is 1.71. The van der Waals surface area contributed by atoms with E-state index in [1.54, 1.807) is 12.4 Å². The molecular weight excluding hydrogens is 394 g/mol. The molecule has 0 bridgehead atoms. The average molecular weight is 426 g/mol. The van der Waals surface area contributed by atoms with Crippen molar-refractivity contribution < 1.29 is 4.79 Å². The van der Waals surface area contributed by atoms with Crippen LogP contribution in [0.4, 0.5) is 5.95 Å². The van der Waals surface area contributed by atoms with Crippen molar-refractivity contribution in [1.82, 2.24) is 19.8 Å². The van der Waals surface area contributed by atoms with E-state index < -0.39 is 0 Å². The fourth-order valence-corrected chi connectivity index (χ4v) is 3.65. The van der Waals surface area contributed by atoms with Crippen LogP contribution < -0.4 is 4.90 Å². The van der Waals surface area contributed by atoms with Crippen molar-refractivity contribution in [3.05, 3.63) is 16.9 Å². The number of carbonyl (C=O) groups is 1. The maximum absolute atomic E-state index is 12.6. The fraction of sp³-hybridized carbons (Fsp3) is 0.737. The largest absolute Gasteiger partial charge is 0.344 e. The third-order valence-electron chi connectivity index (χ3n) is 5.28. The highest BCUT2D eigenvalue weighted by atomic mass is 79.9. The number of aromatic nitrogens is 2. The lowest BCUT2D eigenvalue weighted by atomic mass is 9.80. The second kappa shape index (κ2) is 10.2. The molecule has 1 heterocycles. The summed E-state index contributed by atoms with van der Waals surface area (Å²) < 4.78 is 0.896. The number of halogens is 1. The van der Waals surface area contributed by atoms with Crippen LogP contribution in [0.25, 0.3) is 0 Å². The lowest BCUT2D eigenvalue weighted by molar-refractivity contribution is -0.135. The van der Waals surface area contributed by atoms with E-state index in [0.29, 0.717) is 11.8 Å². The zero-order chi connectivity index (χ0) is 19.1. The quantitative estimate of drug-likeness (QED) is 0.640. The molecule has 0 saturated heterocycles. The van der Waals surface area contributed by atoms with Crippen molar-refractivity contribution >= 4 is 27.8 Å². The molecule has 1 saturated carbocycles. The Morgan fingerprint density at radius 3 is 2.23 bits per heavy atom. The third-order valence-corrected chi connectivity index (χ3v) is 5.69. The van der Waals surface area contributed by atoms with E-state index in [2.05, 4.69) is 35.7 Å². The van der Waals surface area contributed by atoms with Crippen molar-refractivity contribution in [3.63, 3.8) is 0 Å². The van der Waals surface area contributed by atoms with Gasteiger partial charge in [-0.1, -0.05) is 0 Å². The molecule has 1 aliphatic rings. The maximum Gasteiger partial charge on any atom is 0.225 e. The van der Waals surface area contributed by atoms with E-state index in [1.165, 1.54) is 0 Å². The average Bonchev–Trinajstić information content (AvgIpc) is 2.64. The Morgan fingerprint density at radius 2 is 1.65 bits per heavy atom. The summed E-state index contributed by atoms with van der Waals surface area (Å²) in [5.74, 6) is 2.00. The van der Waals surface area contributed by atoms with Crippen LogP contribution in [0.3, 0.4) is 0 Å². The summed E-state index contributed by atoms with van der Waals surface area (Å²) in [5.41, 5.74) is 0. The van der Waals surface area contributed by atoms with Gasteiger partial charge in [0.15, 0.2) is 0 Å². The van der Waals surface area contributed by atoms with E-state index in [-0.39, 0.29) is 5.92 Å². The van der Waals surface area contributed by atoms with E-state index in [0.717, 1.165) is 62.2 Å². The second-order valence-corrected chi connectivity index (χ2v) is 8.61. The molecule has 146 valence electrons. The van der Waals surface area contributed by atoms with Gasteiger partial charge in [-0.05, 0) is 68.0 Å². The minimum Gasteiger partial charge on any atom is -0.344 e. The van der Waals surface area contributed by atoms with Gasteiger partial charge in [0.2, 0.25) is 11.9 Å². The first kappa shape index (κ1) is 21.1. The number of amides is 1. The van der Waals surface area contributed by atoms with Gasteiger partial charge in [0.25, 0.3) is 0 Å². The minimum atomic E-state index is 0.214. The van der Waals surface area contributed by atoms with Gasteiger partial charge in [0.1, 0.15) is 0 Å². The lowest BCUT2D eigenvalue weighted by Crippen LogP contribution is -2.38. The molecule has 1 aromatic heterocycles. The van der Waals surface area contributed by atoms with Crippen molar-refractivity contribution in [2.45, 2.75) is 32.1 Å². The molecule has 0 radical (unpaired) electrons. The molecule has 0 N–H and O–H groups in total. The van der Waals surface area contributed by atoms with Gasteiger partial charge in [0, 0.05) is 52.0 Å². The molecule has 0 aliphatic heterocycles. The number of hydrogen-bond acceptors (Lipinski definition) is 5. The summed E-state index contributed by atoms with van der Waals surface area (Å²) in [4.78, 5) is 27.4. The minimum absolute atomic E-state index is 0.214. The van der Waals surface area contributed by atoms with Gasteiger partial charge < -0.3 is 14.7 Å². The molecule has 1 fully saturated rings. The highest BCUT2D eigenvalue weighted by molar-refractivity contribution is 9.10. The molecule has 0 unspecified atom stereocenters. The van der Waals surface area contributed by atoms with E-state index in [4.69, 9.17) is 0 Å². The number of nitrogens with zero attached hydrogens (tertiary/aromatic N) is 5. The number of anilines is 1. The van der Waals surface area contributed by atoms with Gasteiger partial charge in [-0.25, -0.2) is 9.97 Å². The van der Waals surface area contributed by atoms with Crippen LogP contribution in [-0.4, -0.2) is 73.5 Å². The van der Waals surface area contributed by atoms with Gasteiger partial charge in [-0.3, -0.25) is 4.79 Å². The number of carbonyl (C=O) groups excluding carboxylic acids is 1. The van der Waals surface area contributed by atoms with E-state index in [9.17, 15) is 4.79 Å². The first-order valence-corrected chi connectivity index (χ1v) is 10.2. The number of likely N-dealkylation sites (N-methyl/N-ethyl adjacent to an activating group) is 2.